The van der Waals surface area contributed by atoms with Gasteiger partial charge in [-0.05, 0) is 6.92 Å². The minimum Gasteiger partial charge on any atom is -0.380 e. The minimum atomic E-state index is -2.61. The third kappa shape index (κ3) is 0.920. The van der Waals surface area contributed by atoms with Crippen LogP contribution in [0.2, 0.25) is 0 Å². The van der Waals surface area contributed by atoms with Crippen molar-refractivity contribution in [1.82, 2.24) is 4.90 Å². The van der Waals surface area contributed by atoms with Gasteiger partial charge in [-0.3, -0.25) is 4.79 Å². The lowest BCUT2D eigenvalue weighted by atomic mass is 10.1. The quantitative estimate of drug-likeness (QED) is 0.488. The monoisotopic (exact) mass is 133 g/mol. The van der Waals surface area contributed by atoms with E-state index in [-0.39, 0.29) is 0 Å². The van der Waals surface area contributed by atoms with E-state index in [0.29, 0.717) is 4.90 Å². The second-order valence-corrected chi connectivity index (χ2v) is 2.17. The molecule has 1 N–H and O–H groups in total. The Morgan fingerprint density at radius 1 is 2.00 bits per heavy atom. The van der Waals surface area contributed by atoms with Crippen LogP contribution in [0.25, 0.3) is 0 Å². The average Bonchev–Trinajstić information content (AvgIpc) is 2.05. The van der Waals surface area contributed by atoms with Crippen LogP contribution in [0, 0.1) is 0 Å². The Bertz CT molecular complexity index is 263. The van der Waals surface area contributed by atoms with Crippen molar-refractivity contribution < 1.29 is 15.4 Å². The molecule has 3 heteroatoms. The standard InChI is InChI=1S/C6H11NO2/c1-6(9)3-4-7(2)5(6)8/h9H,3-4H2,1-2H3/i3D2,4D2. The predicted octanol–water partition coefficient (Wildman–Crippen LogP) is -0.401. The van der Waals surface area contributed by atoms with Gasteiger partial charge in [0.25, 0.3) is 5.91 Å². The molecule has 1 amide bonds. The summed E-state index contributed by atoms with van der Waals surface area (Å²) < 4.78 is 29.3. The number of nitrogens with zero attached hydrogens (tertiary/aromatic N) is 1. The molecule has 52 valence electrons. The van der Waals surface area contributed by atoms with E-state index in [4.69, 9.17) is 5.48 Å². The molecule has 1 unspecified atom stereocenters. The summed E-state index contributed by atoms with van der Waals surface area (Å²) in [7, 11) is 1.13. The number of hydrogen-bond donors (Lipinski definition) is 1. The lowest BCUT2D eigenvalue weighted by Gasteiger charge is -2.13. The van der Waals surface area contributed by atoms with Crippen molar-refractivity contribution in [2.75, 3.05) is 13.5 Å². The van der Waals surface area contributed by atoms with E-state index in [1.165, 1.54) is 0 Å². The van der Waals surface area contributed by atoms with Crippen LogP contribution in [0.4, 0.5) is 0 Å². The first-order valence-electron chi connectivity index (χ1n) is 4.57. The van der Waals surface area contributed by atoms with Crippen LogP contribution in [0.1, 0.15) is 18.8 Å². The fraction of sp³-hybridized carbons (Fsp3) is 0.833. The van der Waals surface area contributed by atoms with Crippen molar-refractivity contribution in [1.29, 1.82) is 0 Å². The van der Waals surface area contributed by atoms with Crippen molar-refractivity contribution in [2.24, 2.45) is 0 Å². The van der Waals surface area contributed by atoms with Gasteiger partial charge >= 0.3 is 0 Å². The molecule has 1 rings (SSSR count). The van der Waals surface area contributed by atoms with Gasteiger partial charge in [-0.25, -0.2) is 0 Å². The van der Waals surface area contributed by atoms with Gasteiger partial charge in [-0.15, -0.1) is 0 Å². The van der Waals surface area contributed by atoms with Gasteiger partial charge in [0.2, 0.25) is 0 Å². The van der Waals surface area contributed by atoms with Crippen LogP contribution in [0.5, 0.6) is 0 Å². The maximum absolute atomic E-state index is 11.3. The largest absolute Gasteiger partial charge is 0.380 e. The summed E-state index contributed by atoms with van der Waals surface area (Å²) in [6.07, 6.45) is -2.61. The second-order valence-electron chi connectivity index (χ2n) is 2.17. The molecular weight excluding hydrogens is 118 g/mol. The number of rotatable bonds is 0. The van der Waals surface area contributed by atoms with Gasteiger partial charge in [0, 0.05) is 25.4 Å². The van der Waals surface area contributed by atoms with Crippen LogP contribution < -0.4 is 0 Å². The number of hydrogen-bond acceptors (Lipinski definition) is 2. The second kappa shape index (κ2) is 1.70. The predicted molar refractivity (Wildman–Crippen MR) is 32.9 cm³/mol. The van der Waals surface area contributed by atoms with Crippen LogP contribution in [0.15, 0.2) is 0 Å². The number of aliphatic hydroxyl groups is 1. The first-order chi connectivity index (χ1) is 5.57. The van der Waals surface area contributed by atoms with Crippen LogP contribution >= 0.6 is 0 Å². The Morgan fingerprint density at radius 3 is 2.67 bits per heavy atom. The van der Waals surface area contributed by atoms with Crippen LogP contribution in [-0.2, 0) is 4.79 Å². The molecule has 0 spiro atoms. The SMILES string of the molecule is [2H]C1([2H])N(C)C(=O)C(C)(O)C1([2H])[2H]. The Kier molecular flexibility index (Phi) is 0.570. The first-order valence-corrected chi connectivity index (χ1v) is 2.57. The van der Waals surface area contributed by atoms with Crippen molar-refractivity contribution >= 4 is 5.91 Å². The van der Waals surface area contributed by atoms with Crippen molar-refractivity contribution in [2.45, 2.75) is 18.9 Å². The van der Waals surface area contributed by atoms with Crippen LogP contribution in [-0.4, -0.2) is 35.1 Å². The molecule has 1 saturated heterocycles. The third-order valence-corrected chi connectivity index (χ3v) is 1.19. The zero-order valence-electron chi connectivity index (χ0n) is 9.30. The van der Waals surface area contributed by atoms with Gasteiger partial charge in [0.05, 0.1) is 0 Å². The molecular formula is C6H11NO2. The number of likely N-dealkylation sites (tertiary alicyclic amines) is 1. The van der Waals surface area contributed by atoms with Crippen molar-refractivity contribution in [3.05, 3.63) is 0 Å². The van der Waals surface area contributed by atoms with E-state index in [1.54, 1.807) is 0 Å². The van der Waals surface area contributed by atoms with Gasteiger partial charge in [-0.1, -0.05) is 0 Å². The number of likely N-dealkylation sites (N-methyl/N-ethyl adjacent to an activating group) is 1. The van der Waals surface area contributed by atoms with E-state index in [2.05, 4.69) is 0 Å². The number of amides is 1. The zero-order valence-corrected chi connectivity index (χ0v) is 5.30. The smallest absolute Gasteiger partial charge is 0.254 e. The summed E-state index contributed by atoms with van der Waals surface area (Å²) in [5.41, 5.74) is -2.30. The molecule has 9 heavy (non-hydrogen) atoms. The highest BCUT2D eigenvalue weighted by Crippen LogP contribution is 2.19. The summed E-state index contributed by atoms with van der Waals surface area (Å²) in [4.78, 5) is 11.8. The molecule has 1 fully saturated rings. The fourth-order valence-electron chi connectivity index (χ4n) is 0.624. The van der Waals surface area contributed by atoms with Crippen molar-refractivity contribution in [3.8, 4) is 0 Å². The molecule has 3 nitrogen and oxygen atoms in total. The Balaban J connectivity index is 3.31. The lowest BCUT2D eigenvalue weighted by molar-refractivity contribution is -0.140. The minimum absolute atomic E-state index is 0.590. The van der Waals surface area contributed by atoms with E-state index in [9.17, 15) is 9.90 Å². The maximum Gasteiger partial charge on any atom is 0.254 e. The summed E-state index contributed by atoms with van der Waals surface area (Å²) in [5, 5.41) is 9.49. The van der Waals surface area contributed by atoms with Gasteiger partial charge in [-0.2, -0.15) is 0 Å². The topological polar surface area (TPSA) is 40.5 Å². The Labute approximate surface area is 59.9 Å². The molecule has 1 aliphatic heterocycles. The maximum atomic E-state index is 11.3. The highest BCUT2D eigenvalue weighted by atomic mass is 16.3. The lowest BCUT2D eigenvalue weighted by Crippen LogP contribution is -2.35. The summed E-state index contributed by atoms with van der Waals surface area (Å²) >= 11 is 0. The molecule has 0 aliphatic carbocycles. The Morgan fingerprint density at radius 2 is 2.56 bits per heavy atom. The highest BCUT2D eigenvalue weighted by Gasteiger charge is 2.38. The molecule has 1 heterocycles. The average molecular weight is 133 g/mol. The summed E-state index contributed by atoms with van der Waals surface area (Å²) in [6.45, 7) is -1.50. The third-order valence-electron chi connectivity index (χ3n) is 1.19. The molecule has 0 saturated carbocycles. The normalized spacial score (nSPS) is 53.7. The van der Waals surface area contributed by atoms with Gasteiger partial charge in [0.1, 0.15) is 5.60 Å². The van der Waals surface area contributed by atoms with Gasteiger partial charge < -0.3 is 10.0 Å². The highest BCUT2D eigenvalue weighted by molar-refractivity contribution is 5.86. The molecule has 1 atom stereocenters. The molecule has 1 aliphatic rings. The molecule has 0 bridgehead atoms. The fourth-order valence-corrected chi connectivity index (χ4v) is 0.624. The number of carbonyl (C=O) groups is 1. The summed E-state index contributed by atoms with van der Waals surface area (Å²) in [6, 6.07) is 0. The van der Waals surface area contributed by atoms with E-state index >= 15 is 0 Å². The molecule has 0 aromatic carbocycles. The molecule has 0 aromatic heterocycles. The number of carbonyl (C=O) groups excluding carboxylic acids is 1. The van der Waals surface area contributed by atoms with Crippen LogP contribution in [0.3, 0.4) is 0 Å². The van der Waals surface area contributed by atoms with E-state index < -0.39 is 24.4 Å². The first kappa shape index (κ1) is 3.01. The molecule has 0 aromatic rings. The van der Waals surface area contributed by atoms with Gasteiger partial charge in [0.15, 0.2) is 0 Å². The van der Waals surface area contributed by atoms with E-state index in [0.717, 1.165) is 14.0 Å². The molecule has 0 radical (unpaired) electrons. The Hall–Kier alpha value is -0.570. The zero-order chi connectivity index (χ0) is 10.7. The van der Waals surface area contributed by atoms with E-state index in [1.807, 2.05) is 0 Å². The summed E-state index contributed by atoms with van der Waals surface area (Å²) in [5.74, 6) is -0.942. The van der Waals surface area contributed by atoms with Crippen molar-refractivity contribution in [3.63, 3.8) is 0 Å².